The van der Waals surface area contributed by atoms with Crippen LogP contribution in [0.3, 0.4) is 0 Å². The van der Waals surface area contributed by atoms with Crippen molar-refractivity contribution in [2.45, 2.75) is 36.9 Å². The molecule has 0 aliphatic carbocycles. The van der Waals surface area contributed by atoms with Crippen molar-refractivity contribution in [3.8, 4) is 0 Å². The summed E-state index contributed by atoms with van der Waals surface area (Å²) in [6.07, 6.45) is 0.0132. The van der Waals surface area contributed by atoms with Crippen LogP contribution < -0.4 is 10.5 Å². The Kier molecular flexibility index (Phi) is 4.06. The van der Waals surface area contributed by atoms with Gasteiger partial charge in [-0.15, -0.1) is 0 Å². The molecule has 7 heteroatoms. The lowest BCUT2D eigenvalue weighted by Gasteiger charge is -2.26. The number of rotatable bonds is 4. The number of nitrogens with two attached hydrogens (primary N) is 1. The minimum Gasteiger partial charge on any atom is -0.399 e. The summed E-state index contributed by atoms with van der Waals surface area (Å²) in [6.45, 7) is 3.78. The number of hydrogen-bond donors (Lipinski definition) is 3. The lowest BCUT2D eigenvalue weighted by atomic mass is 9.97. The lowest BCUT2D eigenvalue weighted by molar-refractivity contribution is -0.0228. The van der Waals surface area contributed by atoms with Crippen LogP contribution in [0.25, 0.3) is 0 Å². The highest BCUT2D eigenvalue weighted by molar-refractivity contribution is 7.89. The Morgan fingerprint density at radius 3 is 2.85 bits per heavy atom. The van der Waals surface area contributed by atoms with E-state index in [1.165, 1.54) is 6.07 Å². The van der Waals surface area contributed by atoms with Crippen LogP contribution in [-0.4, -0.2) is 38.4 Å². The fourth-order valence-corrected chi connectivity index (χ4v) is 3.59. The second kappa shape index (κ2) is 5.33. The molecule has 1 aromatic rings. The number of benzene rings is 1. The largest absolute Gasteiger partial charge is 0.399 e. The van der Waals surface area contributed by atoms with E-state index in [-0.39, 0.29) is 11.4 Å². The van der Waals surface area contributed by atoms with Crippen molar-refractivity contribution < 1.29 is 18.3 Å². The van der Waals surface area contributed by atoms with E-state index in [1.807, 2.05) is 0 Å². The molecule has 6 nitrogen and oxygen atoms in total. The molecule has 2 atom stereocenters. The maximum Gasteiger partial charge on any atom is 0.241 e. The fourth-order valence-electron chi connectivity index (χ4n) is 2.21. The topological polar surface area (TPSA) is 102 Å². The van der Waals surface area contributed by atoms with Crippen LogP contribution in [0.1, 0.15) is 18.9 Å². The smallest absolute Gasteiger partial charge is 0.241 e. The van der Waals surface area contributed by atoms with Crippen molar-refractivity contribution in [1.82, 2.24) is 4.72 Å². The maximum atomic E-state index is 12.3. The molecular weight excluding hydrogens is 280 g/mol. The Morgan fingerprint density at radius 1 is 1.55 bits per heavy atom. The van der Waals surface area contributed by atoms with E-state index in [1.54, 1.807) is 26.0 Å². The standard InChI is InChI=1S/C13H20N2O4S/c1-9-3-4-11(14)7-12(9)20(17,18)15-8-13(16)5-6-19-10(13)2/h3-4,7,10,15-16H,5-6,8,14H2,1-2H3. The Bertz CT molecular complexity index is 602. The Balaban J connectivity index is 2.18. The first-order chi connectivity index (χ1) is 9.24. The predicted molar refractivity (Wildman–Crippen MR) is 75.8 cm³/mol. The average molecular weight is 300 g/mol. The van der Waals surface area contributed by atoms with Gasteiger partial charge in [0.25, 0.3) is 0 Å². The van der Waals surface area contributed by atoms with Gasteiger partial charge in [0, 0.05) is 25.3 Å². The van der Waals surface area contributed by atoms with Gasteiger partial charge in [-0.1, -0.05) is 6.07 Å². The molecule has 0 amide bonds. The molecule has 20 heavy (non-hydrogen) atoms. The Morgan fingerprint density at radius 2 is 2.25 bits per heavy atom. The van der Waals surface area contributed by atoms with Gasteiger partial charge in [0.1, 0.15) is 5.60 Å². The molecule has 1 fully saturated rings. The highest BCUT2D eigenvalue weighted by Crippen LogP contribution is 2.26. The molecule has 1 saturated heterocycles. The molecular formula is C13H20N2O4S. The molecule has 2 unspecified atom stereocenters. The third-order valence-electron chi connectivity index (χ3n) is 3.73. The second-order valence-electron chi connectivity index (χ2n) is 5.22. The highest BCUT2D eigenvalue weighted by Gasteiger charge is 2.40. The van der Waals surface area contributed by atoms with Crippen molar-refractivity contribution in [2.75, 3.05) is 18.9 Å². The molecule has 1 aliphatic rings. The van der Waals surface area contributed by atoms with Gasteiger partial charge < -0.3 is 15.6 Å². The summed E-state index contributed by atoms with van der Waals surface area (Å²) in [5.74, 6) is 0. The Hall–Kier alpha value is -1.15. The molecule has 0 bridgehead atoms. The number of aliphatic hydroxyl groups is 1. The summed E-state index contributed by atoms with van der Waals surface area (Å²) < 4.78 is 32.3. The summed E-state index contributed by atoms with van der Waals surface area (Å²) in [6, 6.07) is 4.71. The van der Waals surface area contributed by atoms with Crippen LogP contribution in [0, 0.1) is 6.92 Å². The molecule has 2 rings (SSSR count). The fraction of sp³-hybridized carbons (Fsp3) is 0.538. The first kappa shape index (κ1) is 15.2. The van der Waals surface area contributed by atoms with E-state index in [4.69, 9.17) is 10.5 Å². The molecule has 0 aromatic heterocycles. The van der Waals surface area contributed by atoms with Crippen molar-refractivity contribution >= 4 is 15.7 Å². The summed E-state index contributed by atoms with van der Waals surface area (Å²) in [5.41, 5.74) is 5.45. The zero-order chi connectivity index (χ0) is 15.0. The zero-order valence-corrected chi connectivity index (χ0v) is 12.4. The third kappa shape index (κ3) is 2.95. The Labute approximate surface area is 119 Å². The summed E-state index contributed by atoms with van der Waals surface area (Å²) >= 11 is 0. The van der Waals surface area contributed by atoms with Crippen LogP contribution in [0.4, 0.5) is 5.69 Å². The molecule has 0 spiro atoms. The molecule has 1 aliphatic heterocycles. The third-order valence-corrected chi connectivity index (χ3v) is 5.27. The molecule has 0 radical (unpaired) electrons. The van der Waals surface area contributed by atoms with Gasteiger partial charge in [-0.05, 0) is 31.5 Å². The number of ether oxygens (including phenoxy) is 1. The number of hydrogen-bond acceptors (Lipinski definition) is 5. The van der Waals surface area contributed by atoms with Gasteiger partial charge in [-0.25, -0.2) is 13.1 Å². The zero-order valence-electron chi connectivity index (χ0n) is 11.6. The highest BCUT2D eigenvalue weighted by atomic mass is 32.2. The lowest BCUT2D eigenvalue weighted by Crippen LogP contribution is -2.47. The van der Waals surface area contributed by atoms with Gasteiger partial charge in [0.15, 0.2) is 0 Å². The second-order valence-corrected chi connectivity index (χ2v) is 6.95. The van der Waals surface area contributed by atoms with E-state index in [0.29, 0.717) is 24.3 Å². The molecule has 112 valence electrons. The van der Waals surface area contributed by atoms with Gasteiger partial charge in [0.05, 0.1) is 11.0 Å². The van der Waals surface area contributed by atoms with E-state index < -0.39 is 21.7 Å². The van der Waals surface area contributed by atoms with Crippen molar-refractivity contribution in [2.24, 2.45) is 0 Å². The summed E-state index contributed by atoms with van der Waals surface area (Å²) in [5, 5.41) is 10.3. The van der Waals surface area contributed by atoms with Crippen LogP contribution >= 0.6 is 0 Å². The van der Waals surface area contributed by atoms with E-state index in [2.05, 4.69) is 4.72 Å². The van der Waals surface area contributed by atoms with Gasteiger partial charge in [-0.2, -0.15) is 0 Å². The SMILES string of the molecule is Cc1ccc(N)cc1S(=O)(=O)NCC1(O)CCOC1C. The van der Waals surface area contributed by atoms with Crippen LogP contribution in [0.2, 0.25) is 0 Å². The number of nitrogen functional groups attached to an aromatic ring is 1. The normalized spacial score (nSPS) is 26.9. The van der Waals surface area contributed by atoms with E-state index in [9.17, 15) is 13.5 Å². The van der Waals surface area contributed by atoms with Crippen molar-refractivity contribution in [1.29, 1.82) is 0 Å². The predicted octanol–water partition coefficient (Wildman–Crippen LogP) is 0.395. The first-order valence-electron chi connectivity index (χ1n) is 6.44. The van der Waals surface area contributed by atoms with E-state index >= 15 is 0 Å². The molecule has 4 N–H and O–H groups in total. The average Bonchev–Trinajstić information content (AvgIpc) is 2.71. The van der Waals surface area contributed by atoms with Crippen LogP contribution in [0.5, 0.6) is 0 Å². The van der Waals surface area contributed by atoms with E-state index in [0.717, 1.165) is 0 Å². The molecule has 1 heterocycles. The minimum absolute atomic E-state index is 0.0786. The maximum absolute atomic E-state index is 12.3. The summed E-state index contributed by atoms with van der Waals surface area (Å²) in [4.78, 5) is 0.132. The van der Waals surface area contributed by atoms with Gasteiger partial charge >= 0.3 is 0 Å². The van der Waals surface area contributed by atoms with Crippen molar-refractivity contribution in [3.63, 3.8) is 0 Å². The molecule has 0 saturated carbocycles. The number of anilines is 1. The van der Waals surface area contributed by atoms with Gasteiger partial charge in [0.2, 0.25) is 10.0 Å². The van der Waals surface area contributed by atoms with Crippen LogP contribution in [0.15, 0.2) is 23.1 Å². The molecule has 1 aromatic carbocycles. The monoisotopic (exact) mass is 300 g/mol. The first-order valence-corrected chi connectivity index (χ1v) is 7.93. The van der Waals surface area contributed by atoms with Crippen molar-refractivity contribution in [3.05, 3.63) is 23.8 Å². The van der Waals surface area contributed by atoms with Gasteiger partial charge in [-0.3, -0.25) is 0 Å². The van der Waals surface area contributed by atoms with Crippen LogP contribution in [-0.2, 0) is 14.8 Å². The number of nitrogens with one attached hydrogen (secondary N) is 1. The number of aryl methyl sites for hydroxylation is 1. The summed E-state index contributed by atoms with van der Waals surface area (Å²) in [7, 11) is -3.71. The number of sulfonamides is 1. The minimum atomic E-state index is -3.71. The quantitative estimate of drug-likeness (QED) is 0.698.